The minimum absolute atomic E-state index is 0.0232. The van der Waals surface area contributed by atoms with E-state index in [0.717, 1.165) is 35.0 Å². The van der Waals surface area contributed by atoms with Crippen molar-refractivity contribution in [2.75, 3.05) is 31.6 Å². The Morgan fingerprint density at radius 2 is 2.12 bits per heavy atom. The number of carbonyl (C=O) groups excluding carboxylic acids is 2. The average Bonchev–Trinajstić information content (AvgIpc) is 3.56. The number of ether oxygens (including phenoxy) is 1. The number of aromatic amines is 1. The van der Waals surface area contributed by atoms with Crippen molar-refractivity contribution in [3.05, 3.63) is 30.0 Å². The van der Waals surface area contributed by atoms with E-state index in [1.807, 2.05) is 18.3 Å². The molecule has 2 fully saturated rings. The highest BCUT2D eigenvalue weighted by atomic mass is 16.5. The van der Waals surface area contributed by atoms with E-state index < -0.39 is 5.41 Å². The Morgan fingerprint density at radius 3 is 2.81 bits per heavy atom. The number of carbonyl (C=O) groups is 2. The van der Waals surface area contributed by atoms with Gasteiger partial charge in [0.25, 0.3) is 0 Å². The molecule has 1 atom stereocenters. The summed E-state index contributed by atoms with van der Waals surface area (Å²) >= 11 is 0. The lowest BCUT2D eigenvalue weighted by Gasteiger charge is -2.38. The molecule has 2 N–H and O–H groups in total. The molecule has 2 aromatic rings. The van der Waals surface area contributed by atoms with Crippen LogP contribution in [0.15, 0.2) is 24.4 Å². The number of rotatable bonds is 4. The number of anilines is 1. The summed E-state index contributed by atoms with van der Waals surface area (Å²) < 4.78 is 5.38. The summed E-state index contributed by atoms with van der Waals surface area (Å²) in [6, 6.07) is 6.21. The lowest BCUT2D eigenvalue weighted by atomic mass is 9.79. The van der Waals surface area contributed by atoms with Gasteiger partial charge in [0.1, 0.15) is 16.9 Å². The average molecular weight is 434 g/mol. The highest BCUT2D eigenvalue weighted by Crippen LogP contribution is 2.37. The smallest absolute Gasteiger partial charge is 0.243 e. The van der Waals surface area contributed by atoms with Crippen molar-refractivity contribution in [1.82, 2.24) is 14.9 Å². The summed E-state index contributed by atoms with van der Waals surface area (Å²) in [7, 11) is 0. The lowest BCUT2D eigenvalue weighted by Crippen LogP contribution is -2.48. The van der Waals surface area contributed by atoms with Gasteiger partial charge >= 0.3 is 0 Å². The number of hydrogen-bond donors (Lipinski definition) is 2. The maximum absolute atomic E-state index is 13.3. The standard InChI is InChI=1S/C24H27N5O3/c1-15-13-29(23(31)24(14-25)6-10-32-11-7-24)9-5-17(15)19-12-20(28-22(30)16-2-3-16)27-21-18(19)4-8-26-21/h4-5,8,12,15-16H,2-3,6-7,9-11,13H2,1H3,(H2,26,27,28,30). The number of nitriles is 1. The largest absolute Gasteiger partial charge is 0.381 e. The molecule has 0 bridgehead atoms. The third-order valence-corrected chi connectivity index (χ3v) is 6.85. The van der Waals surface area contributed by atoms with Crippen molar-refractivity contribution in [3.63, 3.8) is 0 Å². The minimum Gasteiger partial charge on any atom is -0.381 e. The van der Waals surface area contributed by atoms with Gasteiger partial charge in [-0.2, -0.15) is 5.26 Å². The topological polar surface area (TPSA) is 111 Å². The zero-order valence-electron chi connectivity index (χ0n) is 18.2. The van der Waals surface area contributed by atoms with Crippen LogP contribution in [0, 0.1) is 28.6 Å². The molecule has 2 aromatic heterocycles. The second-order valence-corrected chi connectivity index (χ2v) is 9.14. The van der Waals surface area contributed by atoms with Crippen LogP contribution in [0.1, 0.15) is 38.2 Å². The lowest BCUT2D eigenvalue weighted by molar-refractivity contribution is -0.143. The maximum Gasteiger partial charge on any atom is 0.243 e. The quantitative estimate of drug-likeness (QED) is 0.770. The highest BCUT2D eigenvalue weighted by Gasteiger charge is 2.44. The Bertz CT molecular complexity index is 1130. The number of nitrogens with zero attached hydrogens (tertiary/aromatic N) is 3. The molecular formula is C24H27N5O3. The molecule has 8 nitrogen and oxygen atoms in total. The first-order chi connectivity index (χ1) is 15.5. The number of nitrogens with one attached hydrogen (secondary N) is 2. The van der Waals surface area contributed by atoms with Crippen LogP contribution in [-0.2, 0) is 14.3 Å². The molecule has 1 unspecified atom stereocenters. The fourth-order valence-corrected chi connectivity index (χ4v) is 4.76. The zero-order chi connectivity index (χ0) is 22.3. The third kappa shape index (κ3) is 3.67. The third-order valence-electron chi connectivity index (χ3n) is 6.85. The van der Waals surface area contributed by atoms with Crippen LogP contribution >= 0.6 is 0 Å². The normalized spacial score (nSPS) is 22.8. The number of pyridine rings is 1. The molecule has 8 heteroatoms. The van der Waals surface area contributed by atoms with Gasteiger partial charge < -0.3 is 19.9 Å². The molecule has 5 rings (SSSR count). The molecule has 4 heterocycles. The Morgan fingerprint density at radius 1 is 1.34 bits per heavy atom. The molecular weight excluding hydrogens is 406 g/mol. The van der Waals surface area contributed by atoms with Crippen molar-refractivity contribution in [3.8, 4) is 6.07 Å². The van der Waals surface area contributed by atoms with E-state index in [0.29, 0.717) is 45.0 Å². The molecule has 0 spiro atoms. The first kappa shape index (κ1) is 20.7. The first-order valence-corrected chi connectivity index (χ1v) is 11.3. The van der Waals surface area contributed by atoms with Crippen molar-refractivity contribution in [2.24, 2.45) is 17.3 Å². The van der Waals surface area contributed by atoms with E-state index >= 15 is 0 Å². The predicted molar refractivity (Wildman–Crippen MR) is 119 cm³/mol. The summed E-state index contributed by atoms with van der Waals surface area (Å²) in [5, 5.41) is 13.7. The van der Waals surface area contributed by atoms with Crippen LogP contribution in [0.4, 0.5) is 5.82 Å². The molecule has 1 saturated carbocycles. The van der Waals surface area contributed by atoms with Gasteiger partial charge in [0.15, 0.2) is 0 Å². The van der Waals surface area contributed by atoms with Crippen LogP contribution in [0.3, 0.4) is 0 Å². The van der Waals surface area contributed by atoms with Gasteiger partial charge in [-0.05, 0) is 54.9 Å². The Balaban J connectivity index is 1.42. The van der Waals surface area contributed by atoms with E-state index in [9.17, 15) is 14.9 Å². The van der Waals surface area contributed by atoms with E-state index in [-0.39, 0.29) is 23.7 Å². The van der Waals surface area contributed by atoms with Crippen LogP contribution in [0.5, 0.6) is 0 Å². The molecule has 0 aromatic carbocycles. The van der Waals surface area contributed by atoms with Gasteiger partial charge in [-0.25, -0.2) is 4.98 Å². The maximum atomic E-state index is 13.3. The monoisotopic (exact) mass is 433 g/mol. The van der Waals surface area contributed by atoms with E-state index in [2.05, 4.69) is 34.4 Å². The van der Waals surface area contributed by atoms with Gasteiger partial charge in [-0.1, -0.05) is 13.0 Å². The van der Waals surface area contributed by atoms with E-state index in [4.69, 9.17) is 4.74 Å². The summed E-state index contributed by atoms with van der Waals surface area (Å²) in [6.45, 7) is 3.99. The molecule has 1 aliphatic carbocycles. The molecule has 32 heavy (non-hydrogen) atoms. The summed E-state index contributed by atoms with van der Waals surface area (Å²) in [5.74, 6) is 0.656. The van der Waals surface area contributed by atoms with Gasteiger partial charge in [-0.15, -0.1) is 0 Å². The molecule has 1 saturated heterocycles. The van der Waals surface area contributed by atoms with Crippen molar-refractivity contribution < 1.29 is 14.3 Å². The van der Waals surface area contributed by atoms with Crippen molar-refractivity contribution in [1.29, 1.82) is 5.26 Å². The second kappa shape index (κ2) is 8.06. The van der Waals surface area contributed by atoms with Crippen molar-refractivity contribution >= 4 is 34.2 Å². The van der Waals surface area contributed by atoms with Gasteiger partial charge in [0.05, 0.1) is 6.07 Å². The van der Waals surface area contributed by atoms with Crippen LogP contribution in [-0.4, -0.2) is 53.0 Å². The van der Waals surface area contributed by atoms with Gasteiger partial charge in [0.2, 0.25) is 11.8 Å². The van der Waals surface area contributed by atoms with E-state index in [1.54, 1.807) is 4.90 Å². The molecule has 2 amide bonds. The number of hydrogen-bond acceptors (Lipinski definition) is 5. The van der Waals surface area contributed by atoms with Gasteiger partial charge in [-0.3, -0.25) is 9.59 Å². The predicted octanol–water partition coefficient (Wildman–Crippen LogP) is 3.09. The summed E-state index contributed by atoms with van der Waals surface area (Å²) in [5.41, 5.74) is 1.89. The van der Waals surface area contributed by atoms with Crippen LogP contribution in [0.25, 0.3) is 16.6 Å². The molecule has 3 aliphatic rings. The number of amides is 2. The van der Waals surface area contributed by atoms with Crippen LogP contribution in [0.2, 0.25) is 0 Å². The van der Waals surface area contributed by atoms with E-state index in [1.165, 1.54) is 0 Å². The SMILES string of the molecule is CC1CN(C(=O)C2(C#N)CCOCC2)CC=C1c1cc(NC(=O)C2CC2)nc2[nH]ccc12. The summed E-state index contributed by atoms with van der Waals surface area (Å²) in [4.78, 5) is 35.1. The highest BCUT2D eigenvalue weighted by molar-refractivity contribution is 5.97. The van der Waals surface area contributed by atoms with Crippen LogP contribution < -0.4 is 5.32 Å². The molecule has 0 radical (unpaired) electrons. The minimum atomic E-state index is -0.978. The summed E-state index contributed by atoms with van der Waals surface area (Å²) in [6.07, 6.45) is 6.69. The van der Waals surface area contributed by atoms with Crippen molar-refractivity contribution in [2.45, 2.75) is 32.6 Å². The number of H-pyrrole nitrogens is 1. The zero-order valence-corrected chi connectivity index (χ0v) is 18.2. The second-order valence-electron chi connectivity index (χ2n) is 9.14. The first-order valence-electron chi connectivity index (χ1n) is 11.3. The molecule has 2 aliphatic heterocycles. The molecule has 166 valence electrons. The Hall–Kier alpha value is -3.18. The number of fused-ring (bicyclic) bond motifs is 1. The Labute approximate surface area is 186 Å². The van der Waals surface area contributed by atoms with Gasteiger partial charge in [0, 0.05) is 43.8 Å². The number of aromatic nitrogens is 2. The fourth-order valence-electron chi connectivity index (χ4n) is 4.76. The Kier molecular flexibility index (Phi) is 5.22. The fraction of sp³-hybridized carbons (Fsp3) is 0.500.